The van der Waals surface area contributed by atoms with Crippen LogP contribution in [-0.2, 0) is 14.8 Å². The molecule has 1 amide bonds. The maximum Gasteiger partial charge on any atom is 0.246 e. The molecule has 1 saturated heterocycles. The number of rotatable bonds is 5. The van der Waals surface area contributed by atoms with E-state index in [-0.39, 0.29) is 18.2 Å². The average Bonchev–Trinajstić information content (AvgIpc) is 2.14. The molecule has 6 nitrogen and oxygen atoms in total. The van der Waals surface area contributed by atoms with Gasteiger partial charge in [-0.05, 0) is 19.5 Å². The quantitative estimate of drug-likeness (QED) is 0.520. The first kappa shape index (κ1) is 13.1. The molecule has 0 radical (unpaired) electrons. The summed E-state index contributed by atoms with van der Waals surface area (Å²) in [5.74, 6) is -0.293. The van der Waals surface area contributed by atoms with Crippen molar-refractivity contribution in [3.63, 3.8) is 0 Å². The summed E-state index contributed by atoms with van der Waals surface area (Å²) < 4.78 is 24.3. The number of hydrogen-bond donors (Lipinski definition) is 3. The number of carbonyl (C=O) groups is 1. The number of hydrogen-bond acceptors (Lipinski definition) is 4. The summed E-state index contributed by atoms with van der Waals surface area (Å²) in [6, 6.07) is 0. The molecule has 3 N–H and O–H groups in total. The second kappa shape index (κ2) is 5.42. The molecule has 1 aliphatic rings. The van der Waals surface area contributed by atoms with Crippen LogP contribution < -0.4 is 15.4 Å². The molecule has 1 aliphatic heterocycles. The Labute approximate surface area is 95.5 Å². The van der Waals surface area contributed by atoms with Crippen molar-refractivity contribution < 1.29 is 13.2 Å². The van der Waals surface area contributed by atoms with Gasteiger partial charge in [0.25, 0.3) is 0 Å². The van der Waals surface area contributed by atoms with E-state index in [4.69, 9.17) is 0 Å². The monoisotopic (exact) mass is 247 g/mol. The van der Waals surface area contributed by atoms with E-state index in [0.717, 1.165) is 18.7 Å². The third-order valence-corrected chi connectivity index (χ3v) is 3.88. The van der Waals surface area contributed by atoms with Gasteiger partial charge < -0.3 is 10.6 Å². The summed E-state index contributed by atoms with van der Waals surface area (Å²) in [5.41, 5.74) is 1.76. The van der Waals surface area contributed by atoms with Crippen LogP contribution in [0.15, 0.2) is 11.1 Å². The Morgan fingerprint density at radius 3 is 2.50 bits per heavy atom. The first-order valence-corrected chi connectivity index (χ1v) is 6.70. The standard InChI is InChI=1S/C9H17N3O3S/c1-7(8-5-11-6-8)9(13)12-3-4-16(14,15)10-2/h10-11H,3-6H2,1-2H3,(H,12,13). The van der Waals surface area contributed by atoms with Gasteiger partial charge in [0.15, 0.2) is 0 Å². The highest BCUT2D eigenvalue weighted by Crippen LogP contribution is 2.08. The SMILES string of the molecule is CNS(=O)(=O)CCNC(=O)C(C)=C1CNC1. The molecule has 7 heteroatoms. The zero-order chi connectivity index (χ0) is 12.2. The summed E-state index contributed by atoms with van der Waals surface area (Å²) >= 11 is 0. The van der Waals surface area contributed by atoms with E-state index in [1.165, 1.54) is 7.05 Å². The van der Waals surface area contributed by atoms with Crippen molar-refractivity contribution in [3.05, 3.63) is 11.1 Å². The minimum absolute atomic E-state index is 0.101. The summed E-state index contributed by atoms with van der Waals surface area (Å²) in [7, 11) is -1.89. The summed E-state index contributed by atoms with van der Waals surface area (Å²) in [5, 5.41) is 5.62. The summed E-state index contributed by atoms with van der Waals surface area (Å²) in [6.45, 7) is 3.36. The Kier molecular flexibility index (Phi) is 4.45. The molecule has 0 aliphatic carbocycles. The van der Waals surface area contributed by atoms with Gasteiger partial charge in [0, 0.05) is 25.2 Å². The van der Waals surface area contributed by atoms with Crippen molar-refractivity contribution >= 4 is 15.9 Å². The molecule has 0 aromatic carbocycles. The van der Waals surface area contributed by atoms with Crippen molar-refractivity contribution in [3.8, 4) is 0 Å². The van der Waals surface area contributed by atoms with Crippen LogP contribution in [0.25, 0.3) is 0 Å². The molecule has 0 saturated carbocycles. The molecule has 92 valence electrons. The fraction of sp³-hybridized carbons (Fsp3) is 0.667. The van der Waals surface area contributed by atoms with Gasteiger partial charge >= 0.3 is 0 Å². The zero-order valence-corrected chi connectivity index (χ0v) is 10.3. The average molecular weight is 247 g/mol. The third-order valence-electron chi connectivity index (χ3n) is 2.52. The minimum atomic E-state index is -3.25. The molecule has 0 unspecified atom stereocenters. The maximum absolute atomic E-state index is 11.5. The normalized spacial score (nSPS) is 15.5. The predicted octanol–water partition coefficient (Wildman–Crippen LogP) is -1.43. The lowest BCUT2D eigenvalue weighted by Gasteiger charge is -2.21. The smallest absolute Gasteiger partial charge is 0.246 e. The first-order valence-electron chi connectivity index (χ1n) is 5.05. The highest BCUT2D eigenvalue weighted by Gasteiger charge is 2.16. The van der Waals surface area contributed by atoms with E-state index in [2.05, 4.69) is 15.4 Å². The van der Waals surface area contributed by atoms with Gasteiger partial charge in [-0.2, -0.15) is 0 Å². The molecule has 16 heavy (non-hydrogen) atoms. The lowest BCUT2D eigenvalue weighted by Crippen LogP contribution is -2.39. The predicted molar refractivity (Wildman–Crippen MR) is 61.4 cm³/mol. The molecular weight excluding hydrogens is 230 g/mol. The Morgan fingerprint density at radius 1 is 1.44 bits per heavy atom. The lowest BCUT2D eigenvalue weighted by molar-refractivity contribution is -0.117. The fourth-order valence-corrected chi connectivity index (χ4v) is 1.78. The highest BCUT2D eigenvalue weighted by atomic mass is 32.2. The van der Waals surface area contributed by atoms with E-state index in [1.54, 1.807) is 6.92 Å². The van der Waals surface area contributed by atoms with Crippen molar-refractivity contribution in [2.24, 2.45) is 0 Å². The second-order valence-electron chi connectivity index (χ2n) is 3.61. The van der Waals surface area contributed by atoms with E-state index < -0.39 is 10.0 Å². The van der Waals surface area contributed by atoms with Gasteiger partial charge in [-0.15, -0.1) is 0 Å². The van der Waals surface area contributed by atoms with Gasteiger partial charge in [0.1, 0.15) is 0 Å². The van der Waals surface area contributed by atoms with Crippen LogP contribution in [0.1, 0.15) is 6.92 Å². The highest BCUT2D eigenvalue weighted by molar-refractivity contribution is 7.89. The van der Waals surface area contributed by atoms with Crippen LogP contribution in [0, 0.1) is 0 Å². The van der Waals surface area contributed by atoms with Crippen molar-refractivity contribution in [2.45, 2.75) is 6.92 Å². The Bertz CT molecular complexity index is 394. The van der Waals surface area contributed by atoms with Crippen LogP contribution in [0.3, 0.4) is 0 Å². The Balaban J connectivity index is 2.36. The van der Waals surface area contributed by atoms with Crippen LogP contribution in [-0.4, -0.2) is 46.8 Å². The largest absolute Gasteiger partial charge is 0.351 e. The zero-order valence-electron chi connectivity index (χ0n) is 9.46. The number of nitrogens with one attached hydrogen (secondary N) is 3. The van der Waals surface area contributed by atoms with Gasteiger partial charge in [0.2, 0.25) is 15.9 Å². The number of carbonyl (C=O) groups excluding carboxylic acids is 1. The van der Waals surface area contributed by atoms with Crippen molar-refractivity contribution in [2.75, 3.05) is 32.4 Å². The maximum atomic E-state index is 11.5. The molecule has 1 rings (SSSR count). The number of amides is 1. The minimum Gasteiger partial charge on any atom is -0.351 e. The number of sulfonamides is 1. The fourth-order valence-electron chi connectivity index (χ4n) is 1.21. The van der Waals surface area contributed by atoms with Gasteiger partial charge in [-0.1, -0.05) is 0 Å². The van der Waals surface area contributed by atoms with E-state index in [1.807, 2.05) is 0 Å². The lowest BCUT2D eigenvalue weighted by atomic mass is 10.0. The molecule has 0 spiro atoms. The van der Waals surface area contributed by atoms with Gasteiger partial charge in [-0.25, -0.2) is 13.1 Å². The van der Waals surface area contributed by atoms with Crippen LogP contribution >= 0.6 is 0 Å². The summed E-state index contributed by atoms with van der Waals surface area (Å²) in [6.07, 6.45) is 0. The molecular formula is C9H17N3O3S. The van der Waals surface area contributed by atoms with E-state index in [0.29, 0.717) is 5.57 Å². The van der Waals surface area contributed by atoms with E-state index in [9.17, 15) is 13.2 Å². The Hall–Kier alpha value is -0.920. The van der Waals surface area contributed by atoms with Crippen LogP contribution in [0.2, 0.25) is 0 Å². The van der Waals surface area contributed by atoms with Crippen molar-refractivity contribution in [1.29, 1.82) is 0 Å². The molecule has 0 aromatic rings. The molecule has 0 atom stereocenters. The molecule has 0 bridgehead atoms. The van der Waals surface area contributed by atoms with Gasteiger partial charge in [0.05, 0.1) is 5.75 Å². The second-order valence-corrected chi connectivity index (χ2v) is 5.66. The van der Waals surface area contributed by atoms with Crippen molar-refractivity contribution in [1.82, 2.24) is 15.4 Å². The Morgan fingerprint density at radius 2 is 2.06 bits per heavy atom. The van der Waals surface area contributed by atoms with Gasteiger partial charge in [-0.3, -0.25) is 4.79 Å². The third kappa shape index (κ3) is 3.58. The molecule has 0 aromatic heterocycles. The summed E-state index contributed by atoms with van der Waals surface area (Å²) in [4.78, 5) is 11.5. The topological polar surface area (TPSA) is 87.3 Å². The van der Waals surface area contributed by atoms with E-state index >= 15 is 0 Å². The molecule has 1 heterocycles. The van der Waals surface area contributed by atoms with Crippen LogP contribution in [0.4, 0.5) is 0 Å². The molecule has 1 fully saturated rings. The first-order chi connectivity index (χ1) is 7.46. The van der Waals surface area contributed by atoms with Crippen LogP contribution in [0.5, 0.6) is 0 Å².